The van der Waals surface area contributed by atoms with E-state index in [9.17, 15) is 17.6 Å². The Kier molecular flexibility index (Phi) is 6.20. The largest absolute Gasteiger partial charge is 0.376 e. The van der Waals surface area contributed by atoms with Crippen LogP contribution in [0, 0.1) is 5.82 Å². The zero-order valence-corrected chi connectivity index (χ0v) is 16.0. The molecule has 28 heavy (non-hydrogen) atoms. The fraction of sp³-hybridized carbons (Fsp3) is 0.389. The SMILES string of the molecule is C=CCn1c(-c2ccccc2F)nnc1S(=O)(=O)CC(=O)NC[C@H]1CCCO1. The van der Waals surface area contributed by atoms with Gasteiger partial charge in [-0.15, -0.1) is 16.8 Å². The van der Waals surface area contributed by atoms with E-state index in [-0.39, 0.29) is 30.6 Å². The van der Waals surface area contributed by atoms with Crippen molar-refractivity contribution < 1.29 is 22.3 Å². The van der Waals surface area contributed by atoms with E-state index in [4.69, 9.17) is 4.74 Å². The van der Waals surface area contributed by atoms with Crippen molar-refractivity contribution in [2.75, 3.05) is 18.9 Å². The quantitative estimate of drug-likeness (QED) is 0.661. The Bertz CT molecular complexity index is 968. The van der Waals surface area contributed by atoms with Crippen LogP contribution in [-0.4, -0.2) is 54.1 Å². The summed E-state index contributed by atoms with van der Waals surface area (Å²) in [7, 11) is -4.09. The fourth-order valence-electron chi connectivity index (χ4n) is 2.98. The van der Waals surface area contributed by atoms with Gasteiger partial charge in [0, 0.05) is 19.7 Å². The van der Waals surface area contributed by atoms with E-state index in [2.05, 4.69) is 22.1 Å². The number of hydrogen-bond donors (Lipinski definition) is 1. The normalized spacial score (nSPS) is 16.8. The van der Waals surface area contributed by atoms with Gasteiger partial charge in [-0.3, -0.25) is 9.36 Å². The molecule has 2 heterocycles. The molecule has 1 atom stereocenters. The molecule has 1 saturated heterocycles. The summed E-state index contributed by atoms with van der Waals surface area (Å²) in [6.07, 6.45) is 3.10. The number of amides is 1. The molecule has 150 valence electrons. The standard InChI is InChI=1S/C18H21FN4O4S/c1-2-9-23-17(14-7-3-4-8-15(14)19)21-22-18(23)28(25,26)12-16(24)20-11-13-6-5-10-27-13/h2-4,7-8,13H,1,5-6,9-12H2,(H,20,24)/t13-/m1/s1. The smallest absolute Gasteiger partial charge is 0.250 e. The summed E-state index contributed by atoms with van der Waals surface area (Å²) < 4.78 is 46.2. The summed E-state index contributed by atoms with van der Waals surface area (Å²) in [6.45, 7) is 4.54. The molecule has 2 aromatic rings. The van der Waals surface area contributed by atoms with Gasteiger partial charge in [-0.25, -0.2) is 12.8 Å². The van der Waals surface area contributed by atoms with Crippen LogP contribution in [0.4, 0.5) is 4.39 Å². The molecule has 10 heteroatoms. The third-order valence-corrected chi connectivity index (χ3v) is 5.79. The van der Waals surface area contributed by atoms with E-state index < -0.39 is 32.5 Å². The maximum atomic E-state index is 14.1. The Morgan fingerprint density at radius 1 is 1.39 bits per heavy atom. The van der Waals surface area contributed by atoms with Crippen molar-refractivity contribution >= 4 is 15.7 Å². The summed E-state index contributed by atoms with van der Waals surface area (Å²) in [5.74, 6) is -1.95. The number of allylic oxidation sites excluding steroid dienone is 1. The van der Waals surface area contributed by atoms with Gasteiger partial charge in [0.2, 0.25) is 15.7 Å². The highest BCUT2D eigenvalue weighted by Gasteiger charge is 2.28. The van der Waals surface area contributed by atoms with E-state index in [0.717, 1.165) is 12.8 Å². The van der Waals surface area contributed by atoms with Crippen molar-refractivity contribution in [3.63, 3.8) is 0 Å². The van der Waals surface area contributed by atoms with Crippen LogP contribution in [0.1, 0.15) is 12.8 Å². The number of benzene rings is 1. The van der Waals surface area contributed by atoms with Gasteiger partial charge < -0.3 is 10.1 Å². The van der Waals surface area contributed by atoms with Gasteiger partial charge in [0.15, 0.2) is 5.82 Å². The number of nitrogens with zero attached hydrogens (tertiary/aromatic N) is 3. The maximum absolute atomic E-state index is 14.1. The van der Waals surface area contributed by atoms with Crippen molar-refractivity contribution in [2.24, 2.45) is 0 Å². The summed E-state index contributed by atoms with van der Waals surface area (Å²) in [5, 5.41) is 9.73. The predicted octanol–water partition coefficient (Wildman–Crippen LogP) is 1.34. The van der Waals surface area contributed by atoms with Crippen LogP contribution >= 0.6 is 0 Å². The van der Waals surface area contributed by atoms with E-state index in [1.165, 1.54) is 28.8 Å². The van der Waals surface area contributed by atoms with Crippen molar-refractivity contribution in [3.8, 4) is 11.4 Å². The Hall–Kier alpha value is -2.59. The number of nitrogens with one attached hydrogen (secondary N) is 1. The lowest BCUT2D eigenvalue weighted by Crippen LogP contribution is -2.36. The molecular formula is C18H21FN4O4S. The lowest BCUT2D eigenvalue weighted by atomic mass is 10.2. The minimum absolute atomic E-state index is 0.0444. The molecule has 1 aromatic carbocycles. The van der Waals surface area contributed by atoms with Crippen LogP contribution in [0.3, 0.4) is 0 Å². The van der Waals surface area contributed by atoms with Crippen LogP contribution in [-0.2, 0) is 25.9 Å². The summed E-state index contributed by atoms with van der Waals surface area (Å²) in [6, 6.07) is 5.85. The average molecular weight is 408 g/mol. The summed E-state index contributed by atoms with van der Waals surface area (Å²) >= 11 is 0. The molecule has 0 bridgehead atoms. The van der Waals surface area contributed by atoms with Gasteiger partial charge in [-0.05, 0) is 25.0 Å². The van der Waals surface area contributed by atoms with Crippen molar-refractivity contribution in [1.82, 2.24) is 20.1 Å². The second-order valence-corrected chi connectivity index (χ2v) is 8.27. The van der Waals surface area contributed by atoms with Crippen molar-refractivity contribution in [3.05, 3.63) is 42.7 Å². The highest BCUT2D eigenvalue weighted by Crippen LogP contribution is 2.24. The van der Waals surface area contributed by atoms with E-state index in [1.807, 2.05) is 0 Å². The predicted molar refractivity (Wildman–Crippen MR) is 99.6 cm³/mol. The topological polar surface area (TPSA) is 103 Å². The van der Waals surface area contributed by atoms with Crippen molar-refractivity contribution in [1.29, 1.82) is 0 Å². The molecule has 0 radical (unpaired) electrons. The highest BCUT2D eigenvalue weighted by atomic mass is 32.2. The number of rotatable bonds is 8. The van der Waals surface area contributed by atoms with E-state index in [1.54, 1.807) is 6.07 Å². The van der Waals surface area contributed by atoms with Crippen LogP contribution < -0.4 is 5.32 Å². The summed E-state index contributed by atoms with van der Waals surface area (Å²) in [4.78, 5) is 12.1. The molecule has 1 N–H and O–H groups in total. The Labute approximate surface area is 162 Å². The molecule has 3 rings (SSSR count). The third-order valence-electron chi connectivity index (χ3n) is 4.29. The molecule has 0 aliphatic carbocycles. The molecular weight excluding hydrogens is 387 g/mol. The molecule has 1 aliphatic rings. The molecule has 1 aliphatic heterocycles. The first-order valence-corrected chi connectivity index (χ1v) is 10.5. The Morgan fingerprint density at radius 3 is 2.86 bits per heavy atom. The van der Waals surface area contributed by atoms with Gasteiger partial charge in [0.1, 0.15) is 11.6 Å². The number of halogens is 1. The number of aromatic nitrogens is 3. The van der Waals surface area contributed by atoms with Gasteiger partial charge >= 0.3 is 0 Å². The number of hydrogen-bond acceptors (Lipinski definition) is 6. The first-order valence-electron chi connectivity index (χ1n) is 8.82. The van der Waals surface area contributed by atoms with Crippen LogP contribution in [0.2, 0.25) is 0 Å². The lowest BCUT2D eigenvalue weighted by molar-refractivity contribution is -0.119. The van der Waals surface area contributed by atoms with Gasteiger partial charge in [0.25, 0.3) is 5.16 Å². The molecule has 1 amide bonds. The monoisotopic (exact) mass is 408 g/mol. The molecule has 0 spiro atoms. The summed E-state index contributed by atoms with van der Waals surface area (Å²) in [5.41, 5.74) is 0.112. The van der Waals surface area contributed by atoms with E-state index in [0.29, 0.717) is 6.61 Å². The molecule has 8 nitrogen and oxygen atoms in total. The minimum Gasteiger partial charge on any atom is -0.376 e. The maximum Gasteiger partial charge on any atom is 0.250 e. The Morgan fingerprint density at radius 2 is 2.18 bits per heavy atom. The zero-order chi connectivity index (χ0) is 20.1. The molecule has 1 aromatic heterocycles. The first kappa shape index (κ1) is 20.2. The minimum atomic E-state index is -4.09. The average Bonchev–Trinajstić information content (AvgIpc) is 3.30. The second kappa shape index (κ2) is 8.61. The Balaban J connectivity index is 1.82. The number of sulfone groups is 1. The van der Waals surface area contributed by atoms with Gasteiger partial charge in [-0.1, -0.05) is 18.2 Å². The molecule has 1 fully saturated rings. The highest BCUT2D eigenvalue weighted by molar-refractivity contribution is 7.92. The number of carbonyl (C=O) groups excluding carboxylic acids is 1. The van der Waals surface area contributed by atoms with Crippen LogP contribution in [0.15, 0.2) is 42.1 Å². The van der Waals surface area contributed by atoms with Crippen LogP contribution in [0.25, 0.3) is 11.4 Å². The van der Waals surface area contributed by atoms with Crippen molar-refractivity contribution in [2.45, 2.75) is 30.6 Å². The number of carbonyl (C=O) groups is 1. The van der Waals surface area contributed by atoms with Gasteiger partial charge in [0.05, 0.1) is 11.7 Å². The van der Waals surface area contributed by atoms with Crippen LogP contribution in [0.5, 0.6) is 0 Å². The van der Waals surface area contributed by atoms with E-state index >= 15 is 0 Å². The lowest BCUT2D eigenvalue weighted by Gasteiger charge is -2.11. The molecule has 0 unspecified atom stereocenters. The second-order valence-electron chi connectivity index (χ2n) is 6.38. The van der Waals surface area contributed by atoms with Gasteiger partial charge in [-0.2, -0.15) is 0 Å². The first-order chi connectivity index (χ1) is 13.4. The molecule has 0 saturated carbocycles. The zero-order valence-electron chi connectivity index (χ0n) is 15.2. The number of ether oxygens (including phenoxy) is 1. The fourth-order valence-corrected chi connectivity index (χ4v) is 4.21. The third kappa shape index (κ3) is 4.45.